The zero-order valence-corrected chi connectivity index (χ0v) is 20.1. The molecule has 0 amide bonds. The number of ether oxygens (including phenoxy) is 2. The highest BCUT2D eigenvalue weighted by atomic mass is 16.5. The molecule has 0 saturated heterocycles. The third-order valence-electron chi connectivity index (χ3n) is 5.73. The second kappa shape index (κ2) is 11.9. The van der Waals surface area contributed by atoms with Crippen molar-refractivity contribution in [1.82, 2.24) is 0 Å². The molecule has 0 aromatic heterocycles. The molecular formula is C28H33N3O3. The number of methoxy groups -OCH3 is 1. The van der Waals surface area contributed by atoms with Gasteiger partial charge in [-0.3, -0.25) is 5.41 Å². The first-order chi connectivity index (χ1) is 16.5. The van der Waals surface area contributed by atoms with E-state index in [1.54, 1.807) is 24.3 Å². The van der Waals surface area contributed by atoms with Gasteiger partial charge in [-0.05, 0) is 73.2 Å². The van der Waals surface area contributed by atoms with Crippen LogP contribution in [0.2, 0.25) is 0 Å². The predicted molar refractivity (Wildman–Crippen MR) is 137 cm³/mol. The summed E-state index contributed by atoms with van der Waals surface area (Å²) in [6.45, 7) is 4.53. The van der Waals surface area contributed by atoms with Crippen molar-refractivity contribution in [3.63, 3.8) is 0 Å². The van der Waals surface area contributed by atoms with E-state index in [4.69, 9.17) is 20.6 Å². The van der Waals surface area contributed by atoms with E-state index in [-0.39, 0.29) is 5.84 Å². The van der Waals surface area contributed by atoms with Crippen molar-refractivity contribution < 1.29 is 14.3 Å². The fourth-order valence-corrected chi connectivity index (χ4v) is 3.92. The minimum Gasteiger partial charge on any atom is -0.493 e. The SMILES string of the molecule is CCOc1c(CCc2ccccc2)cc(CC)cc1C(Nc1ccc(C(=N)N)cc1)C(=O)OC. The number of carbonyl (C=O) groups excluding carboxylic acids is 1. The number of amidine groups is 1. The zero-order valence-electron chi connectivity index (χ0n) is 20.1. The van der Waals surface area contributed by atoms with Gasteiger partial charge in [-0.2, -0.15) is 0 Å². The highest BCUT2D eigenvalue weighted by Gasteiger charge is 2.27. The molecule has 0 bridgehead atoms. The van der Waals surface area contributed by atoms with Gasteiger partial charge < -0.3 is 20.5 Å². The topological polar surface area (TPSA) is 97.4 Å². The molecule has 0 aliphatic carbocycles. The lowest BCUT2D eigenvalue weighted by Crippen LogP contribution is -2.24. The minimum atomic E-state index is -0.753. The molecule has 3 rings (SSSR count). The van der Waals surface area contributed by atoms with E-state index in [1.165, 1.54) is 12.7 Å². The Labute approximate surface area is 201 Å². The molecule has 6 heteroatoms. The Hall–Kier alpha value is -3.80. The van der Waals surface area contributed by atoms with E-state index in [2.05, 4.69) is 30.4 Å². The van der Waals surface area contributed by atoms with Crippen molar-refractivity contribution in [2.45, 2.75) is 39.2 Å². The summed E-state index contributed by atoms with van der Waals surface area (Å²) in [4.78, 5) is 12.9. The Morgan fingerprint density at radius 2 is 1.71 bits per heavy atom. The number of benzene rings is 3. The van der Waals surface area contributed by atoms with Crippen LogP contribution >= 0.6 is 0 Å². The molecular weight excluding hydrogens is 426 g/mol. The summed E-state index contributed by atoms with van der Waals surface area (Å²) < 4.78 is 11.3. The largest absolute Gasteiger partial charge is 0.493 e. The smallest absolute Gasteiger partial charge is 0.333 e. The van der Waals surface area contributed by atoms with Crippen molar-refractivity contribution >= 4 is 17.5 Å². The van der Waals surface area contributed by atoms with Gasteiger partial charge in [0.05, 0.1) is 13.7 Å². The molecule has 0 saturated carbocycles. The van der Waals surface area contributed by atoms with E-state index >= 15 is 0 Å². The maximum atomic E-state index is 12.9. The first-order valence-corrected chi connectivity index (χ1v) is 11.6. The lowest BCUT2D eigenvalue weighted by Gasteiger charge is -2.24. The van der Waals surface area contributed by atoms with Gasteiger partial charge >= 0.3 is 5.97 Å². The number of nitrogen functional groups attached to an aromatic ring is 1. The standard InChI is InChI=1S/C28H33N3O3/c1-4-19-17-22(12-11-20-9-7-6-8-10-20)26(34-5-2)24(18-19)25(28(32)33-3)31-23-15-13-21(14-16-23)27(29)30/h6-10,13-18,25,31H,4-5,11-12H2,1-3H3,(H3,29,30). The van der Waals surface area contributed by atoms with Crippen LogP contribution in [-0.4, -0.2) is 25.5 Å². The van der Waals surface area contributed by atoms with Crippen molar-refractivity contribution in [1.29, 1.82) is 5.41 Å². The van der Waals surface area contributed by atoms with Gasteiger partial charge in [0.2, 0.25) is 0 Å². The van der Waals surface area contributed by atoms with Gasteiger partial charge in [-0.25, -0.2) is 4.79 Å². The van der Waals surface area contributed by atoms with Crippen LogP contribution in [0.1, 0.15) is 47.7 Å². The molecule has 6 nitrogen and oxygen atoms in total. The van der Waals surface area contributed by atoms with Crippen molar-refractivity contribution in [3.8, 4) is 5.75 Å². The number of anilines is 1. The molecule has 1 atom stereocenters. The van der Waals surface area contributed by atoms with Crippen LogP contribution in [0.15, 0.2) is 66.7 Å². The van der Waals surface area contributed by atoms with E-state index < -0.39 is 12.0 Å². The van der Waals surface area contributed by atoms with Gasteiger partial charge in [-0.1, -0.05) is 43.3 Å². The second-order valence-electron chi connectivity index (χ2n) is 8.04. The Morgan fingerprint density at radius 1 is 1.00 bits per heavy atom. The van der Waals surface area contributed by atoms with E-state index in [1.807, 2.05) is 31.2 Å². The molecule has 1 unspecified atom stereocenters. The fraction of sp³-hybridized carbons (Fsp3) is 0.286. The Morgan fingerprint density at radius 3 is 2.29 bits per heavy atom. The van der Waals surface area contributed by atoms with Crippen LogP contribution in [0.25, 0.3) is 0 Å². The molecule has 0 aliphatic heterocycles. The summed E-state index contributed by atoms with van der Waals surface area (Å²) in [6, 6.07) is 20.9. The number of nitrogens with two attached hydrogens (primary N) is 1. The highest BCUT2D eigenvalue weighted by molar-refractivity contribution is 5.95. The number of rotatable bonds is 11. The fourth-order valence-electron chi connectivity index (χ4n) is 3.92. The number of carbonyl (C=O) groups is 1. The van der Waals surface area contributed by atoms with Crippen molar-refractivity contribution in [3.05, 3.63) is 94.5 Å². The average molecular weight is 460 g/mol. The maximum Gasteiger partial charge on any atom is 0.333 e. The van der Waals surface area contributed by atoms with Crippen molar-refractivity contribution in [2.75, 3.05) is 19.0 Å². The number of hydrogen-bond acceptors (Lipinski definition) is 5. The predicted octanol–water partition coefficient (Wildman–Crippen LogP) is 5.04. The van der Waals surface area contributed by atoms with Crippen LogP contribution in [-0.2, 0) is 28.8 Å². The van der Waals surface area contributed by atoms with Gasteiger partial charge in [0.1, 0.15) is 11.6 Å². The third-order valence-corrected chi connectivity index (χ3v) is 5.73. The molecule has 0 aliphatic rings. The summed E-state index contributed by atoms with van der Waals surface area (Å²) in [5.74, 6) is 0.311. The Kier molecular flexibility index (Phi) is 8.68. The number of esters is 1. The summed E-state index contributed by atoms with van der Waals surface area (Å²) in [5, 5.41) is 10.9. The maximum absolute atomic E-state index is 12.9. The van der Waals surface area contributed by atoms with Crippen LogP contribution < -0.4 is 15.8 Å². The number of nitrogens with one attached hydrogen (secondary N) is 2. The number of aryl methyl sites for hydroxylation is 3. The van der Waals surface area contributed by atoms with Crippen LogP contribution in [0.3, 0.4) is 0 Å². The van der Waals surface area contributed by atoms with Crippen LogP contribution in [0, 0.1) is 5.41 Å². The first-order valence-electron chi connectivity index (χ1n) is 11.6. The summed E-state index contributed by atoms with van der Waals surface area (Å²) in [7, 11) is 1.39. The van der Waals surface area contributed by atoms with Crippen molar-refractivity contribution in [2.24, 2.45) is 5.73 Å². The highest BCUT2D eigenvalue weighted by Crippen LogP contribution is 2.35. The summed E-state index contributed by atoms with van der Waals surface area (Å²) in [5.41, 5.74) is 11.1. The number of hydrogen-bond donors (Lipinski definition) is 3. The quantitative estimate of drug-likeness (QED) is 0.212. The van der Waals surface area contributed by atoms with Gasteiger partial charge in [-0.15, -0.1) is 0 Å². The van der Waals surface area contributed by atoms with E-state index in [0.29, 0.717) is 12.2 Å². The minimum absolute atomic E-state index is 0.00611. The molecule has 178 valence electrons. The summed E-state index contributed by atoms with van der Waals surface area (Å²) >= 11 is 0. The van der Waals surface area contributed by atoms with E-state index in [0.717, 1.165) is 47.4 Å². The molecule has 3 aromatic carbocycles. The Balaban J connectivity index is 2.02. The zero-order chi connectivity index (χ0) is 24.5. The van der Waals surface area contributed by atoms with Crippen LogP contribution in [0.5, 0.6) is 5.75 Å². The normalized spacial score (nSPS) is 11.5. The molecule has 0 fully saturated rings. The lowest BCUT2D eigenvalue weighted by molar-refractivity contribution is -0.141. The third kappa shape index (κ3) is 6.16. The summed E-state index contributed by atoms with van der Waals surface area (Å²) in [6.07, 6.45) is 2.50. The average Bonchev–Trinajstić information content (AvgIpc) is 2.87. The molecule has 4 N–H and O–H groups in total. The Bertz CT molecular complexity index is 1110. The molecule has 3 aromatic rings. The van der Waals surface area contributed by atoms with Gasteiger partial charge in [0, 0.05) is 16.8 Å². The first kappa shape index (κ1) is 24.8. The van der Waals surface area contributed by atoms with Gasteiger partial charge in [0.25, 0.3) is 0 Å². The molecule has 0 heterocycles. The lowest BCUT2D eigenvalue weighted by atomic mass is 9.94. The van der Waals surface area contributed by atoms with E-state index in [9.17, 15) is 4.79 Å². The second-order valence-corrected chi connectivity index (χ2v) is 8.04. The monoisotopic (exact) mass is 459 g/mol. The molecule has 0 spiro atoms. The molecule has 34 heavy (non-hydrogen) atoms. The van der Waals surface area contributed by atoms with Gasteiger partial charge in [0.15, 0.2) is 6.04 Å². The molecule has 0 radical (unpaired) electrons. The van der Waals surface area contributed by atoms with Crippen LogP contribution in [0.4, 0.5) is 5.69 Å².